The van der Waals surface area contributed by atoms with Crippen LogP contribution in [-0.2, 0) is 4.79 Å². The Morgan fingerprint density at radius 3 is 2.09 bits per heavy atom. The molecule has 0 heterocycles. The van der Waals surface area contributed by atoms with E-state index in [9.17, 15) is 15.0 Å². The molecule has 3 heteroatoms. The number of aldehydes is 1. The molecule has 2 unspecified atom stereocenters. The number of aliphatic hydroxyl groups is 2. The van der Waals surface area contributed by atoms with Gasteiger partial charge in [-0.25, -0.2) is 0 Å². The van der Waals surface area contributed by atoms with Gasteiger partial charge < -0.3 is 15.0 Å². The molecule has 5 fully saturated rings. The van der Waals surface area contributed by atoms with Gasteiger partial charge in [0, 0.05) is 5.41 Å². The first-order chi connectivity index (χ1) is 15.2. The van der Waals surface area contributed by atoms with Crippen molar-refractivity contribution in [2.24, 2.45) is 56.2 Å². The first kappa shape index (κ1) is 24.3. The number of aliphatic hydroxyl groups excluding tert-OH is 2. The van der Waals surface area contributed by atoms with Gasteiger partial charge in [0.05, 0.1) is 12.2 Å². The Balaban J connectivity index is 1.58. The average molecular weight is 459 g/mol. The molecule has 0 spiro atoms. The van der Waals surface area contributed by atoms with Crippen LogP contribution >= 0.6 is 0 Å². The molecule has 5 saturated carbocycles. The third-order valence-corrected chi connectivity index (χ3v) is 13.5. The van der Waals surface area contributed by atoms with Crippen LogP contribution in [0.2, 0.25) is 0 Å². The SMILES string of the molecule is CC1(C)CC[C@]2(C=O)CC[C@]3(C)C(C2C1)[C@H](O)C[C@@H]1[C@@]2(C)CC[C@H](O)C(C)(C)[C@@H]2CC[C@]13C. The van der Waals surface area contributed by atoms with Crippen molar-refractivity contribution in [2.45, 2.75) is 125 Å². The Bertz CT molecular complexity index is 817. The molecule has 0 aromatic rings. The van der Waals surface area contributed by atoms with Crippen LogP contribution in [0.1, 0.15) is 113 Å². The average Bonchev–Trinajstić information content (AvgIpc) is 2.72. The fourth-order valence-corrected chi connectivity index (χ4v) is 11.3. The van der Waals surface area contributed by atoms with Crippen LogP contribution in [0.4, 0.5) is 0 Å². The molecular formula is C30H50O3. The van der Waals surface area contributed by atoms with Gasteiger partial charge in [-0.15, -0.1) is 0 Å². The summed E-state index contributed by atoms with van der Waals surface area (Å²) in [7, 11) is 0. The molecule has 5 aliphatic rings. The molecule has 10 atom stereocenters. The second-order valence-electron chi connectivity index (χ2n) is 15.5. The van der Waals surface area contributed by atoms with E-state index < -0.39 is 0 Å². The quantitative estimate of drug-likeness (QED) is 0.447. The molecule has 2 N–H and O–H groups in total. The van der Waals surface area contributed by atoms with E-state index >= 15 is 0 Å². The molecule has 0 saturated heterocycles. The zero-order chi connectivity index (χ0) is 24.2. The Morgan fingerprint density at radius 1 is 0.758 bits per heavy atom. The van der Waals surface area contributed by atoms with Crippen LogP contribution in [-0.4, -0.2) is 28.7 Å². The monoisotopic (exact) mass is 458 g/mol. The molecule has 0 aromatic carbocycles. The van der Waals surface area contributed by atoms with Gasteiger partial charge in [0.2, 0.25) is 0 Å². The summed E-state index contributed by atoms with van der Waals surface area (Å²) in [6.45, 7) is 16.9. The molecule has 0 aliphatic heterocycles. The smallest absolute Gasteiger partial charge is 0.126 e. The van der Waals surface area contributed by atoms with E-state index in [1.807, 2.05) is 0 Å². The molecule has 33 heavy (non-hydrogen) atoms. The highest BCUT2D eigenvalue weighted by atomic mass is 16.3. The highest BCUT2D eigenvalue weighted by Crippen LogP contribution is 2.76. The normalized spacial score (nSPS) is 57.1. The lowest BCUT2D eigenvalue weighted by atomic mass is 9.31. The molecular weight excluding hydrogens is 408 g/mol. The van der Waals surface area contributed by atoms with Crippen molar-refractivity contribution in [3.8, 4) is 0 Å². The maximum absolute atomic E-state index is 12.6. The topological polar surface area (TPSA) is 57.5 Å². The number of fused-ring (bicyclic) bond motifs is 7. The van der Waals surface area contributed by atoms with E-state index in [-0.39, 0.29) is 50.6 Å². The minimum atomic E-state index is -0.322. The fraction of sp³-hybridized carbons (Fsp3) is 0.967. The van der Waals surface area contributed by atoms with Crippen molar-refractivity contribution in [2.75, 3.05) is 0 Å². The summed E-state index contributed by atoms with van der Waals surface area (Å²) >= 11 is 0. The van der Waals surface area contributed by atoms with Crippen molar-refractivity contribution in [3.63, 3.8) is 0 Å². The van der Waals surface area contributed by atoms with Crippen LogP contribution < -0.4 is 0 Å². The maximum atomic E-state index is 12.6. The van der Waals surface area contributed by atoms with Crippen LogP contribution in [0.25, 0.3) is 0 Å². The summed E-state index contributed by atoms with van der Waals surface area (Å²) in [5.74, 6) is 1.51. The number of carbonyl (C=O) groups excluding carboxylic acids is 1. The van der Waals surface area contributed by atoms with Gasteiger partial charge in [0.1, 0.15) is 6.29 Å². The second kappa shape index (κ2) is 7.09. The Labute approximate surface area is 202 Å². The van der Waals surface area contributed by atoms with Crippen LogP contribution in [0.3, 0.4) is 0 Å². The number of rotatable bonds is 1. The van der Waals surface area contributed by atoms with Crippen molar-refractivity contribution < 1.29 is 15.0 Å². The highest BCUT2D eigenvalue weighted by Gasteiger charge is 2.71. The summed E-state index contributed by atoms with van der Waals surface area (Å²) in [4.78, 5) is 12.6. The predicted molar refractivity (Wildman–Crippen MR) is 133 cm³/mol. The standard InChI is InChI=1S/C30H50O3/c1-25(2)12-14-30(18-31)15-13-29(7)24(19(30)17-25)20(32)16-22-27(5)10-9-23(33)26(3,4)21(27)8-11-28(22,29)6/h18-24,32-33H,8-17H2,1-7H3/t19?,20-,21+,22-,23+,24?,27+,28-,29-,30-/m1/s1. The summed E-state index contributed by atoms with van der Waals surface area (Å²) in [6.07, 6.45) is 11.3. The molecule has 188 valence electrons. The fourth-order valence-electron chi connectivity index (χ4n) is 11.3. The summed E-state index contributed by atoms with van der Waals surface area (Å²) < 4.78 is 0. The van der Waals surface area contributed by atoms with Crippen molar-refractivity contribution in [1.82, 2.24) is 0 Å². The van der Waals surface area contributed by atoms with E-state index in [4.69, 9.17) is 0 Å². The van der Waals surface area contributed by atoms with Crippen LogP contribution in [0, 0.1) is 56.2 Å². The molecule has 3 nitrogen and oxygen atoms in total. The molecule has 5 rings (SSSR count). The van der Waals surface area contributed by atoms with E-state index in [1.165, 1.54) is 19.1 Å². The Hall–Kier alpha value is -0.410. The zero-order valence-electron chi connectivity index (χ0n) is 22.4. The minimum absolute atomic E-state index is 0.0636. The number of hydrogen-bond acceptors (Lipinski definition) is 3. The third-order valence-electron chi connectivity index (χ3n) is 13.5. The lowest BCUT2D eigenvalue weighted by molar-refractivity contribution is -0.275. The lowest BCUT2D eigenvalue weighted by Crippen LogP contribution is -2.70. The van der Waals surface area contributed by atoms with Crippen LogP contribution in [0.15, 0.2) is 0 Å². The first-order valence-corrected chi connectivity index (χ1v) is 14.0. The zero-order valence-corrected chi connectivity index (χ0v) is 22.4. The van der Waals surface area contributed by atoms with Gasteiger partial charge in [-0.05, 0) is 115 Å². The van der Waals surface area contributed by atoms with Crippen LogP contribution in [0.5, 0.6) is 0 Å². The van der Waals surface area contributed by atoms with Gasteiger partial charge in [-0.3, -0.25) is 0 Å². The van der Waals surface area contributed by atoms with Gasteiger partial charge in [0.15, 0.2) is 0 Å². The molecule has 0 bridgehead atoms. The van der Waals surface area contributed by atoms with E-state index in [0.29, 0.717) is 17.8 Å². The van der Waals surface area contributed by atoms with Gasteiger partial charge in [-0.2, -0.15) is 0 Å². The first-order valence-electron chi connectivity index (χ1n) is 14.0. The minimum Gasteiger partial charge on any atom is -0.393 e. The molecule has 0 aromatic heterocycles. The Morgan fingerprint density at radius 2 is 1.42 bits per heavy atom. The van der Waals surface area contributed by atoms with Crippen molar-refractivity contribution in [3.05, 3.63) is 0 Å². The van der Waals surface area contributed by atoms with Gasteiger partial charge in [0.25, 0.3) is 0 Å². The summed E-state index contributed by atoms with van der Waals surface area (Å²) in [5, 5.41) is 22.9. The van der Waals surface area contributed by atoms with Gasteiger partial charge in [-0.1, -0.05) is 48.5 Å². The summed E-state index contributed by atoms with van der Waals surface area (Å²) in [6, 6.07) is 0. The van der Waals surface area contributed by atoms with Gasteiger partial charge >= 0.3 is 0 Å². The van der Waals surface area contributed by atoms with E-state index in [2.05, 4.69) is 48.5 Å². The predicted octanol–water partition coefficient (Wildman–Crippen LogP) is 6.40. The number of hydrogen-bond donors (Lipinski definition) is 2. The Kier molecular flexibility index (Phi) is 5.22. The maximum Gasteiger partial charge on any atom is 0.126 e. The summed E-state index contributed by atoms with van der Waals surface area (Å²) in [5.41, 5.74) is 0.368. The van der Waals surface area contributed by atoms with Crippen molar-refractivity contribution in [1.29, 1.82) is 0 Å². The van der Waals surface area contributed by atoms with E-state index in [1.54, 1.807) is 0 Å². The van der Waals surface area contributed by atoms with E-state index in [0.717, 1.165) is 51.4 Å². The molecule has 5 aliphatic carbocycles. The number of carbonyl (C=O) groups is 1. The largest absolute Gasteiger partial charge is 0.393 e. The highest BCUT2D eigenvalue weighted by molar-refractivity contribution is 5.61. The lowest BCUT2D eigenvalue weighted by Gasteiger charge is -2.74. The second-order valence-corrected chi connectivity index (χ2v) is 15.5. The third kappa shape index (κ3) is 2.96. The molecule has 0 radical (unpaired) electrons. The van der Waals surface area contributed by atoms with Crippen molar-refractivity contribution >= 4 is 6.29 Å². The molecule has 0 amide bonds.